The van der Waals surface area contributed by atoms with E-state index < -0.39 is 0 Å². The zero-order chi connectivity index (χ0) is 15.4. The topological polar surface area (TPSA) is 41.6 Å². The molecule has 0 aliphatic carbocycles. The first-order valence-corrected chi connectivity index (χ1v) is 7.77. The number of carbonyl (C=O) groups is 1. The third kappa shape index (κ3) is 4.99. The summed E-state index contributed by atoms with van der Waals surface area (Å²) in [5.41, 5.74) is 1.81. The molecule has 2 rings (SSSR count). The number of anilines is 1. The van der Waals surface area contributed by atoms with E-state index in [0.717, 1.165) is 30.9 Å². The lowest BCUT2D eigenvalue weighted by Gasteiger charge is -2.36. The number of amides is 1. The van der Waals surface area contributed by atoms with Crippen LogP contribution in [0.4, 0.5) is 5.69 Å². The molecule has 4 nitrogen and oxygen atoms in total. The highest BCUT2D eigenvalue weighted by molar-refractivity contribution is 6.21. The minimum absolute atomic E-state index is 0.0749. The molecule has 116 valence electrons. The van der Waals surface area contributed by atoms with Gasteiger partial charge in [-0.1, -0.05) is 12.1 Å². The van der Waals surface area contributed by atoms with Gasteiger partial charge in [-0.25, -0.2) is 0 Å². The molecule has 3 atom stereocenters. The summed E-state index contributed by atoms with van der Waals surface area (Å²) in [5, 5.41) is 2.69. The van der Waals surface area contributed by atoms with Gasteiger partial charge in [0.25, 0.3) is 0 Å². The number of hydrogen-bond acceptors (Lipinski definition) is 3. The lowest BCUT2D eigenvalue weighted by molar-refractivity contribution is -0.114. The van der Waals surface area contributed by atoms with Crippen molar-refractivity contribution in [2.75, 3.05) is 25.0 Å². The molecule has 0 aromatic heterocycles. The third-order valence-electron chi connectivity index (χ3n) is 3.48. The van der Waals surface area contributed by atoms with Crippen LogP contribution in [0.5, 0.6) is 0 Å². The molecule has 1 saturated heterocycles. The van der Waals surface area contributed by atoms with E-state index >= 15 is 0 Å². The Bertz CT molecular complexity index is 485. The predicted octanol–water partition coefficient (Wildman–Crippen LogP) is 3.03. The second-order valence-electron chi connectivity index (χ2n) is 5.75. The summed E-state index contributed by atoms with van der Waals surface area (Å²) in [6, 6.07) is 7.72. The summed E-state index contributed by atoms with van der Waals surface area (Å²) in [6.07, 6.45) is 0.478. The van der Waals surface area contributed by atoms with E-state index in [1.54, 1.807) is 0 Å². The number of carbonyl (C=O) groups excluding carboxylic acids is 1. The summed E-state index contributed by atoms with van der Waals surface area (Å²) in [7, 11) is 0. The molecular formula is C16H23ClN2O2. The maximum Gasteiger partial charge on any atom is 0.221 e. The van der Waals surface area contributed by atoms with Gasteiger partial charge >= 0.3 is 0 Å². The van der Waals surface area contributed by atoms with Crippen LogP contribution in [-0.4, -0.2) is 42.6 Å². The van der Waals surface area contributed by atoms with Crippen molar-refractivity contribution in [3.63, 3.8) is 0 Å². The van der Waals surface area contributed by atoms with Gasteiger partial charge in [-0.3, -0.25) is 9.69 Å². The average molecular weight is 311 g/mol. The number of halogens is 1. The fourth-order valence-corrected chi connectivity index (χ4v) is 3.11. The molecular weight excluding hydrogens is 288 g/mol. The van der Waals surface area contributed by atoms with Crippen molar-refractivity contribution in [3.8, 4) is 0 Å². The lowest BCUT2D eigenvalue weighted by Crippen LogP contribution is -2.46. The van der Waals surface area contributed by atoms with Crippen LogP contribution in [0.25, 0.3) is 0 Å². The summed E-state index contributed by atoms with van der Waals surface area (Å²) in [5.74, 6) is -0.0749. The standard InChI is InChI=1S/C16H23ClN2O2/c1-11-8-19(9-12(2)21-11)10-16(17)14-5-4-6-15(7-14)18-13(3)20/h4-7,11-12,16H,8-10H2,1-3H3,(H,18,20). The van der Waals surface area contributed by atoms with E-state index in [4.69, 9.17) is 16.3 Å². The summed E-state index contributed by atoms with van der Waals surface area (Å²) >= 11 is 6.55. The molecule has 0 bridgehead atoms. The second-order valence-corrected chi connectivity index (χ2v) is 6.28. The normalized spacial score (nSPS) is 24.6. The van der Waals surface area contributed by atoms with Crippen molar-refractivity contribution in [1.29, 1.82) is 0 Å². The van der Waals surface area contributed by atoms with Gasteiger partial charge in [0.15, 0.2) is 0 Å². The molecule has 1 aliphatic rings. The molecule has 21 heavy (non-hydrogen) atoms. The Hall–Kier alpha value is -1.10. The number of hydrogen-bond donors (Lipinski definition) is 1. The number of nitrogens with one attached hydrogen (secondary N) is 1. The Balaban J connectivity index is 1.99. The minimum atomic E-state index is -0.101. The molecule has 0 radical (unpaired) electrons. The highest BCUT2D eigenvalue weighted by Gasteiger charge is 2.24. The van der Waals surface area contributed by atoms with Crippen LogP contribution in [0.2, 0.25) is 0 Å². The van der Waals surface area contributed by atoms with E-state index in [-0.39, 0.29) is 23.5 Å². The van der Waals surface area contributed by atoms with E-state index in [1.165, 1.54) is 6.92 Å². The highest BCUT2D eigenvalue weighted by Crippen LogP contribution is 2.25. The van der Waals surface area contributed by atoms with E-state index in [0.29, 0.717) is 0 Å². The molecule has 1 aromatic carbocycles. The Kier molecular flexibility index (Phi) is 5.62. The number of morpholine rings is 1. The second kappa shape index (κ2) is 7.25. The Morgan fingerprint density at radius 3 is 2.71 bits per heavy atom. The van der Waals surface area contributed by atoms with Crippen LogP contribution in [0.1, 0.15) is 31.7 Å². The Labute approximate surface area is 131 Å². The fourth-order valence-electron chi connectivity index (χ4n) is 2.78. The Morgan fingerprint density at radius 2 is 2.10 bits per heavy atom. The molecule has 0 saturated carbocycles. The van der Waals surface area contributed by atoms with Crippen LogP contribution in [0, 0.1) is 0 Å². The third-order valence-corrected chi connectivity index (χ3v) is 3.87. The van der Waals surface area contributed by atoms with Gasteiger partial charge in [-0.05, 0) is 31.5 Å². The van der Waals surface area contributed by atoms with Gasteiger partial charge < -0.3 is 10.1 Å². The molecule has 1 N–H and O–H groups in total. The predicted molar refractivity (Wildman–Crippen MR) is 85.8 cm³/mol. The van der Waals surface area contributed by atoms with E-state index in [2.05, 4.69) is 24.1 Å². The van der Waals surface area contributed by atoms with Crippen molar-refractivity contribution in [1.82, 2.24) is 4.90 Å². The van der Waals surface area contributed by atoms with Crippen LogP contribution < -0.4 is 5.32 Å². The molecule has 1 amide bonds. The van der Waals surface area contributed by atoms with Gasteiger partial charge in [0.1, 0.15) is 0 Å². The van der Waals surface area contributed by atoms with Crippen LogP contribution in [0.15, 0.2) is 24.3 Å². The van der Waals surface area contributed by atoms with Gasteiger partial charge in [0, 0.05) is 32.2 Å². The Morgan fingerprint density at radius 1 is 1.43 bits per heavy atom. The van der Waals surface area contributed by atoms with Crippen molar-refractivity contribution >= 4 is 23.2 Å². The van der Waals surface area contributed by atoms with Crippen molar-refractivity contribution in [2.24, 2.45) is 0 Å². The number of rotatable bonds is 4. The zero-order valence-corrected chi connectivity index (χ0v) is 13.6. The average Bonchev–Trinajstić information content (AvgIpc) is 2.36. The van der Waals surface area contributed by atoms with Crippen LogP contribution >= 0.6 is 11.6 Å². The number of ether oxygens (including phenoxy) is 1. The summed E-state index contributed by atoms with van der Waals surface area (Å²) in [6.45, 7) is 8.26. The van der Waals surface area contributed by atoms with Gasteiger partial charge in [-0.2, -0.15) is 0 Å². The van der Waals surface area contributed by atoms with Crippen molar-refractivity contribution in [3.05, 3.63) is 29.8 Å². The maximum absolute atomic E-state index is 11.1. The van der Waals surface area contributed by atoms with Gasteiger partial charge in [0.05, 0.1) is 17.6 Å². The van der Waals surface area contributed by atoms with Crippen LogP contribution in [0.3, 0.4) is 0 Å². The molecule has 1 aliphatic heterocycles. The monoisotopic (exact) mass is 310 g/mol. The van der Waals surface area contributed by atoms with Crippen molar-refractivity contribution in [2.45, 2.75) is 38.4 Å². The number of nitrogens with zero attached hydrogens (tertiary/aromatic N) is 1. The number of alkyl halides is 1. The van der Waals surface area contributed by atoms with Crippen LogP contribution in [-0.2, 0) is 9.53 Å². The quantitative estimate of drug-likeness (QED) is 0.869. The number of benzene rings is 1. The first-order valence-electron chi connectivity index (χ1n) is 7.33. The minimum Gasteiger partial charge on any atom is -0.373 e. The first-order chi connectivity index (χ1) is 9.94. The molecule has 3 unspecified atom stereocenters. The molecule has 1 aromatic rings. The SMILES string of the molecule is CC(=O)Nc1cccc(C(Cl)CN2CC(C)OC(C)C2)c1. The highest BCUT2D eigenvalue weighted by atomic mass is 35.5. The first kappa shape index (κ1) is 16.3. The lowest BCUT2D eigenvalue weighted by atomic mass is 10.1. The van der Waals surface area contributed by atoms with Crippen molar-refractivity contribution < 1.29 is 9.53 Å². The molecule has 1 heterocycles. The summed E-state index contributed by atoms with van der Waals surface area (Å²) < 4.78 is 5.73. The molecule has 0 spiro atoms. The smallest absolute Gasteiger partial charge is 0.221 e. The van der Waals surface area contributed by atoms with E-state index in [9.17, 15) is 4.79 Å². The van der Waals surface area contributed by atoms with Gasteiger partial charge in [0.2, 0.25) is 5.91 Å². The fraction of sp³-hybridized carbons (Fsp3) is 0.562. The largest absolute Gasteiger partial charge is 0.373 e. The molecule has 1 fully saturated rings. The summed E-state index contributed by atoms with van der Waals surface area (Å²) in [4.78, 5) is 13.5. The van der Waals surface area contributed by atoms with E-state index in [1.807, 2.05) is 24.3 Å². The molecule has 5 heteroatoms. The zero-order valence-electron chi connectivity index (χ0n) is 12.8. The van der Waals surface area contributed by atoms with Gasteiger partial charge in [-0.15, -0.1) is 11.6 Å². The maximum atomic E-state index is 11.1.